The fourth-order valence-electron chi connectivity index (χ4n) is 1.58. The second-order valence-electron chi connectivity index (χ2n) is 4.77. The second kappa shape index (κ2) is 8.59. The highest BCUT2D eigenvalue weighted by Gasteiger charge is 2.01. The third-order valence-corrected chi connectivity index (χ3v) is 2.76. The summed E-state index contributed by atoms with van der Waals surface area (Å²) in [5, 5.41) is 0. The molecule has 1 aromatic rings. The predicted molar refractivity (Wildman–Crippen MR) is 77.7 cm³/mol. The fourth-order valence-corrected chi connectivity index (χ4v) is 1.58. The van der Waals surface area contributed by atoms with Gasteiger partial charge in [0.1, 0.15) is 11.5 Å². The molecule has 0 spiro atoms. The second-order valence-corrected chi connectivity index (χ2v) is 4.77. The molecule has 0 saturated heterocycles. The molecule has 0 saturated carbocycles. The molecular formula is C16H24O3. The summed E-state index contributed by atoms with van der Waals surface area (Å²) in [5.41, 5.74) is 1.35. The van der Waals surface area contributed by atoms with Crippen LogP contribution in [0.15, 0.2) is 35.9 Å². The van der Waals surface area contributed by atoms with Crippen molar-refractivity contribution < 1.29 is 14.2 Å². The van der Waals surface area contributed by atoms with Gasteiger partial charge in [0.25, 0.3) is 0 Å². The molecule has 1 rings (SSSR count). The zero-order valence-corrected chi connectivity index (χ0v) is 12.3. The number of hydrogen-bond acceptors (Lipinski definition) is 3. The lowest BCUT2D eigenvalue weighted by molar-refractivity contribution is -0.0305. The van der Waals surface area contributed by atoms with E-state index in [9.17, 15) is 0 Å². The summed E-state index contributed by atoms with van der Waals surface area (Å²) in [6.07, 6.45) is 4.49. The van der Waals surface area contributed by atoms with E-state index < -0.39 is 0 Å². The molecule has 0 aromatic heterocycles. The van der Waals surface area contributed by atoms with Crippen molar-refractivity contribution in [3.63, 3.8) is 0 Å². The van der Waals surface area contributed by atoms with Crippen molar-refractivity contribution in [3.05, 3.63) is 35.9 Å². The first-order valence-corrected chi connectivity index (χ1v) is 6.63. The van der Waals surface area contributed by atoms with Gasteiger partial charge in [-0.15, -0.1) is 0 Å². The van der Waals surface area contributed by atoms with E-state index in [4.69, 9.17) is 14.2 Å². The molecule has 0 bridgehead atoms. The van der Waals surface area contributed by atoms with Gasteiger partial charge in [-0.05, 0) is 57.9 Å². The van der Waals surface area contributed by atoms with Gasteiger partial charge in [-0.2, -0.15) is 0 Å². The van der Waals surface area contributed by atoms with E-state index in [1.807, 2.05) is 24.3 Å². The Morgan fingerprint density at radius 2 is 1.79 bits per heavy atom. The van der Waals surface area contributed by atoms with Gasteiger partial charge >= 0.3 is 0 Å². The number of ether oxygens (including phenoxy) is 3. The Kier molecular flexibility index (Phi) is 7.04. The van der Waals surface area contributed by atoms with Gasteiger partial charge < -0.3 is 14.2 Å². The number of rotatable bonds is 8. The summed E-state index contributed by atoms with van der Waals surface area (Å²) in [5.74, 6) is 1.61. The van der Waals surface area contributed by atoms with Crippen LogP contribution in [0, 0.1) is 0 Å². The smallest absolute Gasteiger partial charge is 0.189 e. The molecule has 19 heavy (non-hydrogen) atoms. The third-order valence-electron chi connectivity index (χ3n) is 2.76. The van der Waals surface area contributed by atoms with Crippen LogP contribution in [0.25, 0.3) is 0 Å². The molecule has 3 nitrogen and oxygen atoms in total. The van der Waals surface area contributed by atoms with Crippen LogP contribution >= 0.6 is 0 Å². The summed E-state index contributed by atoms with van der Waals surface area (Å²) in [4.78, 5) is 0. The first-order chi connectivity index (χ1) is 9.11. The van der Waals surface area contributed by atoms with Crippen LogP contribution in [0.1, 0.15) is 33.6 Å². The topological polar surface area (TPSA) is 27.7 Å². The Morgan fingerprint density at radius 1 is 1.16 bits per heavy atom. The average molecular weight is 264 g/mol. The minimum Gasteiger partial charge on any atom is -0.497 e. The van der Waals surface area contributed by atoms with Crippen molar-refractivity contribution in [2.45, 2.75) is 39.7 Å². The van der Waals surface area contributed by atoms with Gasteiger partial charge in [-0.1, -0.05) is 11.6 Å². The molecule has 0 radical (unpaired) electrons. The number of allylic oxidation sites excluding steroid dienone is 2. The molecule has 0 aliphatic carbocycles. The van der Waals surface area contributed by atoms with Crippen molar-refractivity contribution in [2.75, 3.05) is 13.9 Å². The summed E-state index contributed by atoms with van der Waals surface area (Å²) in [7, 11) is 1.65. The highest BCUT2D eigenvalue weighted by Crippen LogP contribution is 2.17. The maximum absolute atomic E-state index is 5.60. The fraction of sp³-hybridized carbons (Fsp3) is 0.500. The maximum atomic E-state index is 5.60. The Morgan fingerprint density at radius 3 is 2.37 bits per heavy atom. The lowest BCUT2D eigenvalue weighted by Gasteiger charge is -2.13. The summed E-state index contributed by atoms with van der Waals surface area (Å²) in [6.45, 7) is 6.56. The van der Waals surface area contributed by atoms with E-state index in [-0.39, 0.29) is 12.9 Å². The van der Waals surface area contributed by atoms with Crippen molar-refractivity contribution >= 4 is 0 Å². The SMILES string of the molecule is COc1ccc(OCOC(C)CCC=C(C)C)cc1. The Balaban J connectivity index is 2.20. The van der Waals surface area contributed by atoms with E-state index in [1.54, 1.807) is 7.11 Å². The van der Waals surface area contributed by atoms with Gasteiger partial charge in [0.15, 0.2) is 6.79 Å². The Hall–Kier alpha value is -1.48. The molecule has 0 aliphatic heterocycles. The molecule has 0 aliphatic rings. The molecule has 0 N–H and O–H groups in total. The van der Waals surface area contributed by atoms with Crippen LogP contribution in [-0.2, 0) is 4.74 Å². The van der Waals surface area contributed by atoms with Crippen LogP contribution in [0.5, 0.6) is 11.5 Å². The Bertz CT molecular complexity index is 377. The largest absolute Gasteiger partial charge is 0.497 e. The third kappa shape index (κ3) is 6.87. The van der Waals surface area contributed by atoms with Crippen molar-refractivity contribution in [1.82, 2.24) is 0 Å². The summed E-state index contributed by atoms with van der Waals surface area (Å²) >= 11 is 0. The first kappa shape index (κ1) is 15.6. The zero-order chi connectivity index (χ0) is 14.1. The Labute approximate surface area is 116 Å². The predicted octanol–water partition coefficient (Wildman–Crippen LogP) is 4.18. The molecule has 0 fully saturated rings. The van der Waals surface area contributed by atoms with E-state index in [0.717, 1.165) is 24.3 Å². The van der Waals surface area contributed by atoms with Gasteiger partial charge in [-0.25, -0.2) is 0 Å². The van der Waals surface area contributed by atoms with Gasteiger partial charge in [0.2, 0.25) is 0 Å². The van der Waals surface area contributed by atoms with E-state index >= 15 is 0 Å². The van der Waals surface area contributed by atoms with Crippen LogP contribution in [0.2, 0.25) is 0 Å². The van der Waals surface area contributed by atoms with Crippen molar-refractivity contribution in [3.8, 4) is 11.5 Å². The monoisotopic (exact) mass is 264 g/mol. The molecule has 1 aromatic carbocycles. The highest BCUT2D eigenvalue weighted by atomic mass is 16.7. The normalized spacial score (nSPS) is 11.8. The van der Waals surface area contributed by atoms with Gasteiger partial charge in [0, 0.05) is 0 Å². The highest BCUT2D eigenvalue weighted by molar-refractivity contribution is 5.30. The molecule has 3 heteroatoms. The lowest BCUT2D eigenvalue weighted by Crippen LogP contribution is -2.12. The maximum Gasteiger partial charge on any atom is 0.189 e. The molecule has 1 atom stereocenters. The summed E-state index contributed by atoms with van der Waals surface area (Å²) < 4.78 is 16.2. The average Bonchev–Trinajstić information content (AvgIpc) is 2.39. The molecule has 0 heterocycles. The minimum atomic E-state index is 0.203. The number of methoxy groups -OCH3 is 1. The van der Waals surface area contributed by atoms with Crippen LogP contribution in [0.4, 0.5) is 0 Å². The van der Waals surface area contributed by atoms with E-state index in [0.29, 0.717) is 0 Å². The first-order valence-electron chi connectivity index (χ1n) is 6.63. The molecular weight excluding hydrogens is 240 g/mol. The zero-order valence-electron chi connectivity index (χ0n) is 12.3. The number of hydrogen-bond donors (Lipinski definition) is 0. The number of benzene rings is 1. The molecule has 106 valence electrons. The standard InChI is InChI=1S/C16H24O3/c1-13(2)6-5-7-14(3)18-12-19-16-10-8-15(17-4)9-11-16/h6,8-11,14H,5,7,12H2,1-4H3. The van der Waals surface area contributed by atoms with E-state index in [2.05, 4.69) is 26.8 Å². The minimum absolute atomic E-state index is 0.203. The molecule has 1 unspecified atom stereocenters. The van der Waals surface area contributed by atoms with Gasteiger partial charge in [-0.3, -0.25) is 0 Å². The van der Waals surface area contributed by atoms with Gasteiger partial charge in [0.05, 0.1) is 13.2 Å². The van der Waals surface area contributed by atoms with Crippen LogP contribution < -0.4 is 9.47 Å². The van der Waals surface area contributed by atoms with E-state index in [1.165, 1.54) is 5.57 Å². The lowest BCUT2D eigenvalue weighted by atomic mass is 10.2. The van der Waals surface area contributed by atoms with Crippen molar-refractivity contribution in [2.24, 2.45) is 0 Å². The molecule has 0 amide bonds. The van der Waals surface area contributed by atoms with Crippen LogP contribution in [-0.4, -0.2) is 20.0 Å². The van der Waals surface area contributed by atoms with Crippen molar-refractivity contribution in [1.29, 1.82) is 0 Å². The van der Waals surface area contributed by atoms with Crippen LogP contribution in [0.3, 0.4) is 0 Å². The quantitative estimate of drug-likeness (QED) is 0.520. The summed E-state index contributed by atoms with van der Waals surface area (Å²) in [6, 6.07) is 7.48.